The molecule has 2 N–H and O–H groups in total. The molecule has 6 heteroatoms. The molecule has 2 rings (SSSR count). The standard InChI is InChI=1S/C14H19F3N2O/c1-19(9-12-3-2-6-20-12)11-4-5-13(14(15,16)17)10(7-11)8-18/h4-5,7,12H,2-3,6,8-9,18H2,1H3. The molecule has 1 saturated heterocycles. The molecule has 3 nitrogen and oxygen atoms in total. The monoisotopic (exact) mass is 288 g/mol. The lowest BCUT2D eigenvalue weighted by Crippen LogP contribution is -2.28. The van der Waals surface area contributed by atoms with Gasteiger partial charge in [0.05, 0.1) is 11.7 Å². The molecule has 1 atom stereocenters. The van der Waals surface area contributed by atoms with Crippen molar-refractivity contribution in [2.75, 3.05) is 25.1 Å². The Bertz CT molecular complexity index is 456. The van der Waals surface area contributed by atoms with Gasteiger partial charge in [0.2, 0.25) is 0 Å². The van der Waals surface area contributed by atoms with E-state index in [1.807, 2.05) is 11.9 Å². The molecule has 20 heavy (non-hydrogen) atoms. The number of hydrogen-bond acceptors (Lipinski definition) is 3. The van der Waals surface area contributed by atoms with Gasteiger partial charge >= 0.3 is 6.18 Å². The van der Waals surface area contributed by atoms with Gasteiger partial charge in [-0.1, -0.05) is 0 Å². The fraction of sp³-hybridized carbons (Fsp3) is 0.571. The number of nitrogens with two attached hydrogens (primary N) is 1. The summed E-state index contributed by atoms with van der Waals surface area (Å²) in [7, 11) is 1.85. The fourth-order valence-electron chi connectivity index (χ4n) is 2.46. The van der Waals surface area contributed by atoms with E-state index in [-0.39, 0.29) is 18.2 Å². The van der Waals surface area contributed by atoms with E-state index in [2.05, 4.69) is 0 Å². The van der Waals surface area contributed by atoms with E-state index >= 15 is 0 Å². The van der Waals surface area contributed by atoms with Gasteiger partial charge in [0.25, 0.3) is 0 Å². The minimum Gasteiger partial charge on any atom is -0.376 e. The Labute approximate surface area is 116 Å². The van der Waals surface area contributed by atoms with Gasteiger partial charge in [0, 0.05) is 32.4 Å². The Morgan fingerprint density at radius 3 is 2.70 bits per heavy atom. The molecule has 1 heterocycles. The molecule has 0 aliphatic carbocycles. The van der Waals surface area contributed by atoms with E-state index in [0.717, 1.165) is 31.2 Å². The summed E-state index contributed by atoms with van der Waals surface area (Å²) in [6.45, 7) is 1.31. The van der Waals surface area contributed by atoms with E-state index in [0.29, 0.717) is 6.54 Å². The maximum absolute atomic E-state index is 12.8. The fourth-order valence-corrected chi connectivity index (χ4v) is 2.46. The Morgan fingerprint density at radius 2 is 2.15 bits per heavy atom. The number of alkyl halides is 3. The smallest absolute Gasteiger partial charge is 0.376 e. The van der Waals surface area contributed by atoms with Crippen molar-refractivity contribution in [3.8, 4) is 0 Å². The highest BCUT2D eigenvalue weighted by Gasteiger charge is 2.33. The van der Waals surface area contributed by atoms with Crippen LogP contribution in [0.15, 0.2) is 18.2 Å². The van der Waals surface area contributed by atoms with Gasteiger partial charge in [-0.25, -0.2) is 0 Å². The van der Waals surface area contributed by atoms with Gasteiger partial charge in [0.1, 0.15) is 0 Å². The summed E-state index contributed by atoms with van der Waals surface area (Å²) in [6, 6.07) is 4.10. The van der Waals surface area contributed by atoms with E-state index < -0.39 is 11.7 Å². The summed E-state index contributed by atoms with van der Waals surface area (Å²) in [5.74, 6) is 0. The van der Waals surface area contributed by atoms with Crippen LogP contribution in [0, 0.1) is 0 Å². The normalized spacial score (nSPS) is 19.4. The average molecular weight is 288 g/mol. The second-order valence-electron chi connectivity index (χ2n) is 5.06. The maximum atomic E-state index is 12.8. The van der Waals surface area contributed by atoms with Gasteiger partial charge in [-0.05, 0) is 36.6 Å². The van der Waals surface area contributed by atoms with Crippen LogP contribution in [-0.4, -0.2) is 26.3 Å². The highest BCUT2D eigenvalue weighted by Crippen LogP contribution is 2.33. The number of rotatable bonds is 4. The van der Waals surface area contributed by atoms with Crippen molar-refractivity contribution in [2.24, 2.45) is 5.73 Å². The lowest BCUT2D eigenvalue weighted by atomic mass is 10.1. The largest absolute Gasteiger partial charge is 0.416 e. The van der Waals surface area contributed by atoms with Crippen LogP contribution < -0.4 is 10.6 Å². The molecule has 1 unspecified atom stereocenters. The second kappa shape index (κ2) is 6.01. The van der Waals surface area contributed by atoms with Gasteiger partial charge in [-0.15, -0.1) is 0 Å². The molecule has 1 aliphatic rings. The molecule has 0 saturated carbocycles. The van der Waals surface area contributed by atoms with Crippen LogP contribution in [0.1, 0.15) is 24.0 Å². The summed E-state index contributed by atoms with van der Waals surface area (Å²) < 4.78 is 44.0. The summed E-state index contributed by atoms with van der Waals surface area (Å²) >= 11 is 0. The Morgan fingerprint density at radius 1 is 1.40 bits per heavy atom. The lowest BCUT2D eigenvalue weighted by Gasteiger charge is -2.24. The summed E-state index contributed by atoms with van der Waals surface area (Å²) in [6.07, 6.45) is -2.17. The number of ether oxygens (including phenoxy) is 1. The second-order valence-corrected chi connectivity index (χ2v) is 5.06. The zero-order chi connectivity index (χ0) is 14.8. The molecule has 0 radical (unpaired) electrons. The Hall–Kier alpha value is -1.27. The van der Waals surface area contributed by atoms with Gasteiger partial charge in [-0.3, -0.25) is 0 Å². The van der Waals surface area contributed by atoms with E-state index in [1.165, 1.54) is 12.1 Å². The molecule has 112 valence electrons. The van der Waals surface area contributed by atoms with Crippen molar-refractivity contribution in [1.82, 2.24) is 0 Å². The third-order valence-electron chi connectivity index (χ3n) is 3.56. The first-order chi connectivity index (χ1) is 9.41. The van der Waals surface area contributed by atoms with Gasteiger partial charge in [0.15, 0.2) is 0 Å². The highest BCUT2D eigenvalue weighted by molar-refractivity contribution is 5.51. The number of benzene rings is 1. The number of likely N-dealkylation sites (N-methyl/N-ethyl adjacent to an activating group) is 1. The van der Waals surface area contributed by atoms with E-state index in [1.54, 1.807) is 0 Å². The van der Waals surface area contributed by atoms with Gasteiger partial charge < -0.3 is 15.4 Å². The van der Waals surface area contributed by atoms with Crippen LogP contribution in [0.5, 0.6) is 0 Å². The minimum absolute atomic E-state index is 0.120. The molecule has 1 aliphatic heterocycles. The lowest BCUT2D eigenvalue weighted by molar-refractivity contribution is -0.138. The zero-order valence-electron chi connectivity index (χ0n) is 11.4. The summed E-state index contributed by atoms with van der Waals surface area (Å²) in [4.78, 5) is 1.91. The minimum atomic E-state index is -4.36. The Kier molecular flexibility index (Phi) is 4.55. The van der Waals surface area contributed by atoms with Crippen LogP contribution >= 0.6 is 0 Å². The molecule has 0 amide bonds. The van der Waals surface area contributed by atoms with Crippen LogP contribution in [0.25, 0.3) is 0 Å². The molecular weight excluding hydrogens is 269 g/mol. The molecule has 0 aromatic heterocycles. The van der Waals surface area contributed by atoms with Crippen molar-refractivity contribution in [3.05, 3.63) is 29.3 Å². The van der Waals surface area contributed by atoms with Crippen LogP contribution in [0.4, 0.5) is 18.9 Å². The first kappa shape index (κ1) is 15.1. The molecule has 1 aromatic rings. The molecular formula is C14H19F3N2O. The van der Waals surface area contributed by atoms with Gasteiger partial charge in [-0.2, -0.15) is 13.2 Å². The third-order valence-corrected chi connectivity index (χ3v) is 3.56. The molecule has 0 spiro atoms. The highest BCUT2D eigenvalue weighted by atomic mass is 19.4. The number of anilines is 1. The van der Waals surface area contributed by atoms with Crippen LogP contribution in [0.2, 0.25) is 0 Å². The third kappa shape index (κ3) is 3.43. The van der Waals surface area contributed by atoms with Crippen molar-refractivity contribution in [2.45, 2.75) is 31.7 Å². The maximum Gasteiger partial charge on any atom is 0.416 e. The van der Waals surface area contributed by atoms with Crippen molar-refractivity contribution >= 4 is 5.69 Å². The average Bonchev–Trinajstić information content (AvgIpc) is 2.89. The van der Waals surface area contributed by atoms with Crippen molar-refractivity contribution in [1.29, 1.82) is 0 Å². The van der Waals surface area contributed by atoms with Crippen LogP contribution in [0.3, 0.4) is 0 Å². The Balaban J connectivity index is 2.16. The number of halogens is 3. The molecule has 1 fully saturated rings. The number of hydrogen-bond donors (Lipinski definition) is 1. The number of nitrogens with zero attached hydrogens (tertiary/aromatic N) is 1. The summed E-state index contributed by atoms with van der Waals surface area (Å²) in [5, 5.41) is 0. The van der Waals surface area contributed by atoms with Crippen LogP contribution in [-0.2, 0) is 17.5 Å². The topological polar surface area (TPSA) is 38.5 Å². The van der Waals surface area contributed by atoms with Crippen molar-refractivity contribution < 1.29 is 17.9 Å². The molecule has 0 bridgehead atoms. The molecule has 1 aromatic carbocycles. The first-order valence-electron chi connectivity index (χ1n) is 6.64. The SMILES string of the molecule is CN(CC1CCCO1)c1ccc(C(F)(F)F)c(CN)c1. The summed E-state index contributed by atoms with van der Waals surface area (Å²) in [5.41, 5.74) is 5.63. The van der Waals surface area contributed by atoms with E-state index in [9.17, 15) is 13.2 Å². The quantitative estimate of drug-likeness (QED) is 0.926. The first-order valence-corrected chi connectivity index (χ1v) is 6.64. The van der Waals surface area contributed by atoms with E-state index in [4.69, 9.17) is 10.5 Å². The van der Waals surface area contributed by atoms with Crippen molar-refractivity contribution in [3.63, 3.8) is 0 Å². The predicted molar refractivity (Wildman–Crippen MR) is 71.6 cm³/mol. The zero-order valence-corrected chi connectivity index (χ0v) is 11.4. The predicted octanol–water partition coefficient (Wildman–Crippen LogP) is 2.78.